The van der Waals surface area contributed by atoms with Gasteiger partial charge in [-0.05, 0) is 31.3 Å². The summed E-state index contributed by atoms with van der Waals surface area (Å²) in [6, 6.07) is 8.41. The van der Waals surface area contributed by atoms with Gasteiger partial charge in [0.1, 0.15) is 5.01 Å². The third kappa shape index (κ3) is 4.22. The van der Waals surface area contributed by atoms with Gasteiger partial charge in [-0.3, -0.25) is 4.90 Å². The lowest BCUT2D eigenvalue weighted by molar-refractivity contribution is 0.0388. The highest BCUT2D eigenvalue weighted by Gasteiger charge is 2.18. The van der Waals surface area contributed by atoms with Gasteiger partial charge in [0.25, 0.3) is 0 Å². The number of morpholine rings is 1. The van der Waals surface area contributed by atoms with E-state index in [0.717, 1.165) is 55.0 Å². The van der Waals surface area contributed by atoms with E-state index in [1.807, 2.05) is 13.1 Å². The Morgan fingerprint density at radius 3 is 2.92 bits per heavy atom. The first-order valence-electron chi connectivity index (χ1n) is 8.31. The molecule has 0 bridgehead atoms. The fraction of sp³-hybridized carbons (Fsp3) is 0.529. The quantitative estimate of drug-likeness (QED) is 0.822. The maximum atomic E-state index is 5.55. The van der Waals surface area contributed by atoms with Crippen LogP contribution in [0.25, 0.3) is 10.2 Å². The minimum absolute atomic E-state index is 0.158. The highest BCUT2D eigenvalue weighted by molar-refractivity contribution is 7.80. The highest BCUT2D eigenvalue weighted by atomic mass is 32.1. The van der Waals surface area contributed by atoms with Crippen molar-refractivity contribution in [3.8, 4) is 0 Å². The predicted molar refractivity (Wildman–Crippen MR) is 104 cm³/mol. The van der Waals surface area contributed by atoms with Crippen LogP contribution in [0.4, 0.5) is 0 Å². The average Bonchev–Trinajstić information content (AvgIpc) is 3.05. The largest absolute Gasteiger partial charge is 0.379 e. The zero-order valence-electron chi connectivity index (χ0n) is 14.2. The van der Waals surface area contributed by atoms with E-state index in [2.05, 4.69) is 40.2 Å². The Balaban J connectivity index is 1.52. The summed E-state index contributed by atoms with van der Waals surface area (Å²) in [7, 11) is 2.03. The van der Waals surface area contributed by atoms with Gasteiger partial charge in [0.05, 0.1) is 29.5 Å². The summed E-state index contributed by atoms with van der Waals surface area (Å²) >= 11 is 7.28. The third-order valence-corrected chi connectivity index (χ3v) is 6.02. The van der Waals surface area contributed by atoms with E-state index < -0.39 is 0 Å². The molecule has 0 radical (unpaired) electrons. The molecule has 130 valence electrons. The van der Waals surface area contributed by atoms with Crippen LogP contribution in [0.1, 0.15) is 18.0 Å². The predicted octanol–water partition coefficient (Wildman–Crippen LogP) is 2.50. The van der Waals surface area contributed by atoms with Crippen LogP contribution >= 0.6 is 23.6 Å². The Bertz CT molecular complexity index is 651. The first-order valence-corrected chi connectivity index (χ1v) is 9.54. The number of hydrogen-bond acceptors (Lipinski definition) is 5. The lowest BCUT2D eigenvalue weighted by Gasteiger charge is -2.29. The van der Waals surface area contributed by atoms with E-state index >= 15 is 0 Å². The van der Waals surface area contributed by atoms with Crippen LogP contribution in [0.15, 0.2) is 24.3 Å². The highest BCUT2D eigenvalue weighted by Crippen LogP contribution is 2.28. The van der Waals surface area contributed by atoms with Gasteiger partial charge in [-0.2, -0.15) is 0 Å². The molecule has 1 aliphatic heterocycles. The summed E-state index contributed by atoms with van der Waals surface area (Å²) in [5, 5.41) is 5.23. The standard InChI is InChI=1S/C17H24N4OS2/c1-13(16-19-14-5-3-4-6-15(14)24-16)20(2)17(23)18-7-8-21-9-11-22-12-10-21/h3-6,13H,7-12H2,1-2H3,(H,18,23)/t13-/m1/s1. The van der Waals surface area contributed by atoms with Crippen LogP contribution < -0.4 is 5.32 Å². The number of rotatable bonds is 5. The maximum Gasteiger partial charge on any atom is 0.169 e. The average molecular weight is 365 g/mol. The molecule has 1 aliphatic rings. The molecule has 3 rings (SSSR count). The molecule has 1 N–H and O–H groups in total. The van der Waals surface area contributed by atoms with E-state index in [1.54, 1.807) is 11.3 Å². The summed E-state index contributed by atoms with van der Waals surface area (Å²) in [6.07, 6.45) is 0. The molecule has 0 spiro atoms. The molecule has 1 aromatic carbocycles. The molecule has 0 aliphatic carbocycles. The molecule has 0 saturated carbocycles. The molecule has 0 unspecified atom stereocenters. The van der Waals surface area contributed by atoms with Gasteiger partial charge in [0.2, 0.25) is 0 Å². The monoisotopic (exact) mass is 364 g/mol. The number of hydrogen-bond donors (Lipinski definition) is 1. The summed E-state index contributed by atoms with van der Waals surface area (Å²) in [5.41, 5.74) is 1.06. The molecule has 1 atom stereocenters. The van der Waals surface area contributed by atoms with Crippen molar-refractivity contribution in [1.29, 1.82) is 0 Å². The van der Waals surface area contributed by atoms with E-state index in [-0.39, 0.29) is 6.04 Å². The van der Waals surface area contributed by atoms with Crippen molar-refractivity contribution in [2.75, 3.05) is 46.4 Å². The third-order valence-electron chi connectivity index (χ3n) is 4.38. The van der Waals surface area contributed by atoms with Gasteiger partial charge in [0, 0.05) is 33.2 Å². The SMILES string of the molecule is C[C@H](c1nc2ccccc2s1)N(C)C(=S)NCCN1CCOCC1. The number of ether oxygens (including phenoxy) is 1. The van der Waals surface area contributed by atoms with Gasteiger partial charge in [0.15, 0.2) is 5.11 Å². The minimum atomic E-state index is 0.158. The molecule has 0 amide bonds. The normalized spacial score (nSPS) is 16.9. The molecular formula is C17H24N4OS2. The van der Waals surface area contributed by atoms with Crippen LogP contribution in [0, 0.1) is 0 Å². The molecule has 1 saturated heterocycles. The number of nitrogens with zero attached hydrogens (tertiary/aromatic N) is 3. The number of nitrogens with one attached hydrogen (secondary N) is 1. The van der Waals surface area contributed by atoms with Gasteiger partial charge >= 0.3 is 0 Å². The van der Waals surface area contributed by atoms with Crippen molar-refractivity contribution in [3.05, 3.63) is 29.3 Å². The lowest BCUT2D eigenvalue weighted by Crippen LogP contribution is -2.44. The Kier molecular flexibility index (Phi) is 5.99. The minimum Gasteiger partial charge on any atom is -0.379 e. The van der Waals surface area contributed by atoms with E-state index in [9.17, 15) is 0 Å². The second-order valence-electron chi connectivity index (χ2n) is 5.99. The fourth-order valence-corrected chi connectivity index (χ4v) is 4.00. The zero-order chi connectivity index (χ0) is 16.9. The van der Waals surface area contributed by atoms with Crippen molar-refractivity contribution in [3.63, 3.8) is 0 Å². The molecular weight excluding hydrogens is 340 g/mol. The Morgan fingerprint density at radius 2 is 2.17 bits per heavy atom. The van der Waals surface area contributed by atoms with Crippen molar-refractivity contribution in [2.24, 2.45) is 0 Å². The van der Waals surface area contributed by atoms with Crippen molar-refractivity contribution in [1.82, 2.24) is 20.1 Å². The van der Waals surface area contributed by atoms with Crippen LogP contribution in [-0.4, -0.2) is 66.3 Å². The number of fused-ring (bicyclic) bond motifs is 1. The summed E-state index contributed by atoms with van der Waals surface area (Å²) < 4.78 is 6.59. The zero-order valence-corrected chi connectivity index (χ0v) is 15.8. The Hall–Kier alpha value is -1.28. The van der Waals surface area contributed by atoms with Crippen molar-refractivity contribution < 1.29 is 4.74 Å². The molecule has 2 aromatic rings. The first-order chi connectivity index (χ1) is 11.6. The van der Waals surface area contributed by atoms with Gasteiger partial charge in [-0.25, -0.2) is 4.98 Å². The van der Waals surface area contributed by atoms with Gasteiger partial charge in [-0.1, -0.05) is 12.1 Å². The maximum absolute atomic E-state index is 5.55. The van der Waals surface area contributed by atoms with Gasteiger partial charge < -0.3 is 15.0 Å². The molecule has 7 heteroatoms. The van der Waals surface area contributed by atoms with Gasteiger partial charge in [-0.15, -0.1) is 11.3 Å². The first kappa shape index (κ1) is 17.5. The number of thiocarbonyl (C=S) groups is 1. The topological polar surface area (TPSA) is 40.6 Å². The molecule has 1 fully saturated rings. The van der Waals surface area contributed by atoms with E-state index in [4.69, 9.17) is 21.9 Å². The second-order valence-corrected chi connectivity index (χ2v) is 7.44. The summed E-state index contributed by atoms with van der Waals surface area (Å²) in [4.78, 5) is 9.23. The van der Waals surface area contributed by atoms with Crippen molar-refractivity contribution in [2.45, 2.75) is 13.0 Å². The number of para-hydroxylation sites is 1. The molecule has 2 heterocycles. The number of thiazole rings is 1. The summed E-state index contributed by atoms with van der Waals surface area (Å²) in [6.45, 7) is 7.67. The van der Waals surface area contributed by atoms with E-state index in [1.165, 1.54) is 4.70 Å². The summed E-state index contributed by atoms with van der Waals surface area (Å²) in [5.74, 6) is 0. The van der Waals surface area contributed by atoms with Crippen molar-refractivity contribution >= 4 is 38.9 Å². The lowest BCUT2D eigenvalue weighted by atomic mass is 10.3. The van der Waals surface area contributed by atoms with E-state index in [0.29, 0.717) is 0 Å². The Labute approximate surface area is 152 Å². The van der Waals surface area contributed by atoms with Crippen LogP contribution in [-0.2, 0) is 4.74 Å². The Morgan fingerprint density at radius 1 is 1.42 bits per heavy atom. The smallest absolute Gasteiger partial charge is 0.169 e. The molecule has 1 aromatic heterocycles. The van der Waals surface area contributed by atoms with Crippen LogP contribution in [0.2, 0.25) is 0 Å². The number of benzene rings is 1. The fourth-order valence-electron chi connectivity index (χ4n) is 2.68. The molecule has 5 nitrogen and oxygen atoms in total. The van der Waals surface area contributed by atoms with Crippen LogP contribution in [0.3, 0.4) is 0 Å². The second kappa shape index (κ2) is 8.20. The molecule has 24 heavy (non-hydrogen) atoms. The number of aromatic nitrogens is 1. The van der Waals surface area contributed by atoms with Crippen LogP contribution in [0.5, 0.6) is 0 Å².